The predicted octanol–water partition coefficient (Wildman–Crippen LogP) is 3.95. The molecule has 3 rings (SSSR count). The van der Waals surface area contributed by atoms with Gasteiger partial charge in [-0.15, -0.1) is 0 Å². The Hall–Kier alpha value is -3.26. The molecule has 0 bridgehead atoms. The molecule has 0 saturated heterocycles. The first-order valence-corrected chi connectivity index (χ1v) is 9.94. The first-order valence-electron chi connectivity index (χ1n) is 8.46. The number of ether oxygens (including phenoxy) is 2. The highest BCUT2D eigenvalue weighted by Crippen LogP contribution is 2.27. The van der Waals surface area contributed by atoms with Crippen LogP contribution in [0.2, 0.25) is 0 Å². The van der Waals surface area contributed by atoms with Crippen LogP contribution in [0.3, 0.4) is 0 Å². The molecule has 0 saturated carbocycles. The van der Waals surface area contributed by atoms with E-state index in [9.17, 15) is 8.42 Å². The number of hydrogen-bond acceptors (Lipinski definition) is 6. The van der Waals surface area contributed by atoms with Crippen LogP contribution < -0.4 is 19.5 Å². The van der Waals surface area contributed by atoms with E-state index in [0.717, 1.165) is 22.7 Å². The molecule has 0 radical (unpaired) electrons. The van der Waals surface area contributed by atoms with Crippen molar-refractivity contribution >= 4 is 27.2 Å². The van der Waals surface area contributed by atoms with Gasteiger partial charge in [0.05, 0.1) is 26.1 Å². The summed E-state index contributed by atoms with van der Waals surface area (Å²) < 4.78 is 38.2. The Morgan fingerprint density at radius 1 is 0.893 bits per heavy atom. The molecule has 2 aromatic carbocycles. The van der Waals surface area contributed by atoms with Gasteiger partial charge in [-0.1, -0.05) is 6.07 Å². The highest BCUT2D eigenvalue weighted by atomic mass is 32.2. The number of hydrogen-bond donors (Lipinski definition) is 2. The Kier molecular flexibility index (Phi) is 5.70. The highest BCUT2D eigenvalue weighted by molar-refractivity contribution is 7.92. The molecular formula is C20H21N3O4S. The normalized spacial score (nSPS) is 11.0. The van der Waals surface area contributed by atoms with Crippen molar-refractivity contribution in [2.24, 2.45) is 0 Å². The van der Waals surface area contributed by atoms with Gasteiger partial charge in [-0.05, 0) is 61.0 Å². The maximum absolute atomic E-state index is 12.7. The fourth-order valence-electron chi connectivity index (χ4n) is 2.56. The number of sulfonamides is 1. The van der Waals surface area contributed by atoms with Crippen LogP contribution in [0, 0.1) is 6.92 Å². The van der Waals surface area contributed by atoms with E-state index in [1.165, 1.54) is 7.11 Å². The topological polar surface area (TPSA) is 89.6 Å². The minimum absolute atomic E-state index is 0.0669. The Labute approximate surface area is 164 Å². The van der Waals surface area contributed by atoms with Gasteiger partial charge in [0.25, 0.3) is 10.0 Å². The Morgan fingerprint density at radius 2 is 1.61 bits per heavy atom. The third kappa shape index (κ3) is 4.52. The van der Waals surface area contributed by atoms with Crippen molar-refractivity contribution in [3.8, 4) is 11.5 Å². The fraction of sp³-hybridized carbons (Fsp3) is 0.150. The lowest BCUT2D eigenvalue weighted by Gasteiger charge is -2.12. The summed E-state index contributed by atoms with van der Waals surface area (Å²) in [5, 5.41) is 3.19. The monoisotopic (exact) mass is 399 g/mol. The first kappa shape index (κ1) is 19.5. The summed E-state index contributed by atoms with van der Waals surface area (Å²) in [6.07, 6.45) is 1.55. The molecule has 146 valence electrons. The molecule has 8 heteroatoms. The summed E-state index contributed by atoms with van der Waals surface area (Å²) in [6.45, 7) is 1.82. The Bertz CT molecular complexity index is 1050. The van der Waals surface area contributed by atoms with E-state index in [-0.39, 0.29) is 16.5 Å². The van der Waals surface area contributed by atoms with Crippen molar-refractivity contribution in [2.75, 3.05) is 24.3 Å². The number of pyridine rings is 1. The van der Waals surface area contributed by atoms with E-state index < -0.39 is 10.0 Å². The fourth-order valence-corrected chi connectivity index (χ4v) is 3.82. The molecule has 0 aliphatic carbocycles. The average Bonchev–Trinajstić information content (AvgIpc) is 2.70. The number of rotatable bonds is 7. The largest absolute Gasteiger partial charge is 0.497 e. The van der Waals surface area contributed by atoms with E-state index in [0.29, 0.717) is 0 Å². The lowest BCUT2D eigenvalue weighted by molar-refractivity contribution is 0.402. The van der Waals surface area contributed by atoms with Crippen molar-refractivity contribution in [1.82, 2.24) is 4.98 Å². The van der Waals surface area contributed by atoms with Crippen molar-refractivity contribution in [3.63, 3.8) is 0 Å². The van der Waals surface area contributed by atoms with Crippen LogP contribution in [-0.2, 0) is 10.0 Å². The van der Waals surface area contributed by atoms with Crippen LogP contribution in [0.15, 0.2) is 65.7 Å². The second kappa shape index (κ2) is 8.18. The van der Waals surface area contributed by atoms with Crippen LogP contribution >= 0.6 is 0 Å². The number of nitrogens with one attached hydrogen (secondary N) is 2. The van der Waals surface area contributed by atoms with Gasteiger partial charge in [0.2, 0.25) is 0 Å². The third-order valence-corrected chi connectivity index (χ3v) is 5.37. The minimum atomic E-state index is -3.83. The maximum Gasteiger partial charge on any atom is 0.266 e. The molecule has 7 nitrogen and oxygen atoms in total. The molecule has 3 aromatic rings. The number of anilines is 3. The van der Waals surface area contributed by atoms with Crippen LogP contribution in [0.1, 0.15) is 5.56 Å². The highest BCUT2D eigenvalue weighted by Gasteiger charge is 2.20. The van der Waals surface area contributed by atoms with Crippen LogP contribution in [-0.4, -0.2) is 27.6 Å². The predicted molar refractivity (Wildman–Crippen MR) is 109 cm³/mol. The third-order valence-electron chi connectivity index (χ3n) is 3.99. The molecule has 0 atom stereocenters. The van der Waals surface area contributed by atoms with Gasteiger partial charge in [-0.2, -0.15) is 0 Å². The Morgan fingerprint density at radius 3 is 2.21 bits per heavy atom. The molecule has 0 aliphatic rings. The molecule has 0 fully saturated rings. The number of nitrogens with zero attached hydrogens (tertiary/aromatic N) is 1. The molecular weight excluding hydrogens is 378 g/mol. The summed E-state index contributed by atoms with van der Waals surface area (Å²) in [6, 6.07) is 15.7. The zero-order valence-electron chi connectivity index (χ0n) is 15.8. The standard InChI is InChI=1S/C20H21N3O4S/c1-14-4-10-18(27-3)19(12-14)28(24,25)23-20-11-7-16(13-21-20)22-15-5-8-17(26-2)9-6-15/h4-13,22H,1-3H3,(H,21,23). The van der Waals surface area contributed by atoms with Crippen LogP contribution in [0.5, 0.6) is 11.5 Å². The summed E-state index contributed by atoms with van der Waals surface area (Å²) in [5.74, 6) is 1.25. The molecule has 0 unspecified atom stereocenters. The molecule has 1 heterocycles. The zero-order chi connectivity index (χ0) is 20.1. The summed E-state index contributed by atoms with van der Waals surface area (Å²) in [5.41, 5.74) is 2.40. The molecule has 0 aliphatic heterocycles. The van der Waals surface area contributed by atoms with Crippen molar-refractivity contribution < 1.29 is 17.9 Å². The number of benzene rings is 2. The number of methoxy groups -OCH3 is 2. The first-order chi connectivity index (χ1) is 13.4. The molecule has 1 aromatic heterocycles. The van der Waals surface area contributed by atoms with E-state index in [4.69, 9.17) is 9.47 Å². The number of aryl methyl sites for hydroxylation is 1. The summed E-state index contributed by atoms with van der Waals surface area (Å²) >= 11 is 0. The lowest BCUT2D eigenvalue weighted by atomic mass is 10.2. The van der Waals surface area contributed by atoms with Gasteiger partial charge in [0.15, 0.2) is 0 Å². The SMILES string of the molecule is COc1ccc(Nc2ccc(NS(=O)(=O)c3cc(C)ccc3OC)nc2)cc1. The quantitative estimate of drug-likeness (QED) is 0.625. The van der Waals surface area contributed by atoms with Gasteiger partial charge in [-0.25, -0.2) is 13.4 Å². The van der Waals surface area contributed by atoms with Crippen molar-refractivity contribution in [1.29, 1.82) is 0 Å². The van der Waals surface area contributed by atoms with Gasteiger partial charge >= 0.3 is 0 Å². The van der Waals surface area contributed by atoms with E-state index in [1.807, 2.05) is 31.2 Å². The van der Waals surface area contributed by atoms with E-state index in [1.54, 1.807) is 43.6 Å². The van der Waals surface area contributed by atoms with Gasteiger partial charge in [0, 0.05) is 5.69 Å². The molecule has 28 heavy (non-hydrogen) atoms. The van der Waals surface area contributed by atoms with Gasteiger partial charge in [0.1, 0.15) is 22.2 Å². The van der Waals surface area contributed by atoms with Crippen LogP contribution in [0.4, 0.5) is 17.2 Å². The summed E-state index contributed by atoms with van der Waals surface area (Å²) in [7, 11) is -0.788. The Balaban J connectivity index is 1.75. The maximum atomic E-state index is 12.7. The van der Waals surface area contributed by atoms with E-state index >= 15 is 0 Å². The average molecular weight is 399 g/mol. The molecule has 0 spiro atoms. The van der Waals surface area contributed by atoms with Gasteiger partial charge < -0.3 is 14.8 Å². The van der Waals surface area contributed by atoms with Crippen LogP contribution in [0.25, 0.3) is 0 Å². The molecule has 2 N–H and O–H groups in total. The molecule has 0 amide bonds. The second-order valence-corrected chi connectivity index (χ2v) is 7.70. The smallest absolute Gasteiger partial charge is 0.266 e. The van der Waals surface area contributed by atoms with Gasteiger partial charge in [-0.3, -0.25) is 4.72 Å². The zero-order valence-corrected chi connectivity index (χ0v) is 16.6. The number of aromatic nitrogens is 1. The minimum Gasteiger partial charge on any atom is -0.497 e. The van der Waals surface area contributed by atoms with Crippen molar-refractivity contribution in [3.05, 3.63) is 66.4 Å². The van der Waals surface area contributed by atoms with E-state index in [2.05, 4.69) is 15.0 Å². The summed E-state index contributed by atoms with van der Waals surface area (Å²) in [4.78, 5) is 4.25. The van der Waals surface area contributed by atoms with Crippen molar-refractivity contribution in [2.45, 2.75) is 11.8 Å². The lowest BCUT2D eigenvalue weighted by Crippen LogP contribution is -2.15. The second-order valence-electron chi connectivity index (χ2n) is 6.05.